The highest BCUT2D eigenvalue weighted by atomic mass is 31.2. The summed E-state index contributed by atoms with van der Waals surface area (Å²) in [4.78, 5) is 23.2. The number of rotatable bonds is 48. The average molecular weight is 896 g/mol. The van der Waals surface area contributed by atoms with Gasteiger partial charge in [-0.25, -0.2) is 4.57 Å². The normalized spacial score (nSPS) is 14.4. The third kappa shape index (κ3) is 46.7. The van der Waals surface area contributed by atoms with Gasteiger partial charge in [0.15, 0.2) is 0 Å². The molecule has 0 aliphatic heterocycles. The summed E-state index contributed by atoms with van der Waals surface area (Å²) in [6, 6.07) is -0.862. The summed E-state index contributed by atoms with van der Waals surface area (Å²) in [6.07, 6.45) is 56.7. The first kappa shape index (κ1) is 60.7. The van der Waals surface area contributed by atoms with Crippen molar-refractivity contribution in [3.05, 3.63) is 36.5 Å². The highest BCUT2D eigenvalue weighted by Gasteiger charge is 2.27. The molecule has 0 heterocycles. The number of hydrogen-bond donors (Lipinski definition) is 3. The molecule has 3 unspecified atom stereocenters. The number of carbonyl (C=O) groups excluding carboxylic acids is 1. The number of phosphoric ester groups is 1. The molecular formula is C53H104N2O6P+. The summed E-state index contributed by atoms with van der Waals surface area (Å²) in [5.41, 5.74) is 0. The molecule has 0 bridgehead atoms. The van der Waals surface area contributed by atoms with Crippen LogP contribution in [0, 0.1) is 0 Å². The zero-order valence-electron chi connectivity index (χ0n) is 41.6. The van der Waals surface area contributed by atoms with Gasteiger partial charge in [0.25, 0.3) is 0 Å². The van der Waals surface area contributed by atoms with E-state index in [1.807, 2.05) is 27.2 Å². The Morgan fingerprint density at radius 2 is 0.887 bits per heavy atom. The molecule has 366 valence electrons. The first-order chi connectivity index (χ1) is 30.0. The molecule has 3 N–H and O–H groups in total. The Kier molecular flexibility index (Phi) is 44.0. The van der Waals surface area contributed by atoms with Crippen LogP contribution in [-0.4, -0.2) is 73.4 Å². The van der Waals surface area contributed by atoms with Crippen LogP contribution in [0.4, 0.5) is 0 Å². The average Bonchev–Trinajstić information content (AvgIpc) is 3.23. The molecule has 0 aromatic rings. The van der Waals surface area contributed by atoms with Crippen molar-refractivity contribution in [1.29, 1.82) is 0 Å². The van der Waals surface area contributed by atoms with Crippen molar-refractivity contribution >= 4 is 13.7 Å². The van der Waals surface area contributed by atoms with Gasteiger partial charge >= 0.3 is 7.82 Å². The quantitative estimate of drug-likeness (QED) is 0.0243. The maximum absolute atomic E-state index is 12.9. The minimum absolute atomic E-state index is 0.0563. The van der Waals surface area contributed by atoms with Crippen molar-refractivity contribution < 1.29 is 32.9 Å². The van der Waals surface area contributed by atoms with E-state index in [1.54, 1.807) is 6.08 Å². The topological polar surface area (TPSA) is 105 Å². The lowest BCUT2D eigenvalue weighted by molar-refractivity contribution is -0.870. The molecule has 0 spiro atoms. The number of likely N-dealkylation sites (N-methyl/N-ethyl adjacent to an activating group) is 1. The molecule has 0 saturated carbocycles. The van der Waals surface area contributed by atoms with Crippen LogP contribution >= 0.6 is 7.82 Å². The molecule has 0 aromatic heterocycles. The fourth-order valence-electron chi connectivity index (χ4n) is 7.64. The molecule has 0 rings (SSSR count). The summed E-state index contributed by atoms with van der Waals surface area (Å²) < 4.78 is 23.6. The second-order valence-corrected chi connectivity index (χ2v) is 20.7. The fraction of sp³-hybridized carbons (Fsp3) is 0.868. The zero-order chi connectivity index (χ0) is 45.7. The third-order valence-corrected chi connectivity index (χ3v) is 12.8. The number of unbranched alkanes of at least 4 members (excludes halogenated alkanes) is 31. The van der Waals surface area contributed by atoms with Crippen LogP contribution in [0.5, 0.6) is 0 Å². The van der Waals surface area contributed by atoms with E-state index in [-0.39, 0.29) is 19.1 Å². The van der Waals surface area contributed by atoms with Crippen molar-refractivity contribution in [2.24, 2.45) is 0 Å². The van der Waals surface area contributed by atoms with Gasteiger partial charge in [-0.3, -0.25) is 13.8 Å². The minimum Gasteiger partial charge on any atom is -0.387 e. The number of amides is 1. The van der Waals surface area contributed by atoms with Gasteiger partial charge in [-0.2, -0.15) is 0 Å². The molecular weight excluding hydrogens is 792 g/mol. The number of nitrogens with zero attached hydrogens (tertiary/aromatic N) is 1. The third-order valence-electron chi connectivity index (χ3n) is 11.8. The van der Waals surface area contributed by atoms with E-state index < -0.39 is 20.0 Å². The summed E-state index contributed by atoms with van der Waals surface area (Å²) in [5, 5.41) is 13.8. The van der Waals surface area contributed by atoms with Gasteiger partial charge in [-0.05, 0) is 57.8 Å². The van der Waals surface area contributed by atoms with E-state index >= 15 is 0 Å². The number of carbonyl (C=O) groups is 1. The van der Waals surface area contributed by atoms with E-state index in [9.17, 15) is 19.4 Å². The van der Waals surface area contributed by atoms with E-state index in [0.717, 1.165) is 38.5 Å². The highest BCUT2D eigenvalue weighted by molar-refractivity contribution is 7.47. The van der Waals surface area contributed by atoms with Gasteiger partial charge < -0.3 is 19.8 Å². The van der Waals surface area contributed by atoms with Crippen LogP contribution in [0.2, 0.25) is 0 Å². The fourth-order valence-corrected chi connectivity index (χ4v) is 8.38. The van der Waals surface area contributed by atoms with Crippen LogP contribution < -0.4 is 5.32 Å². The molecule has 0 saturated heterocycles. The molecule has 1 amide bonds. The standard InChI is InChI=1S/C53H103N2O6P/c1-6-8-10-12-14-16-18-20-22-23-24-25-26-27-28-29-30-31-32-33-35-37-39-41-43-45-47-53(57)54-51(50-61-62(58,59)60-49-48-55(3,4)5)52(56)46-44-42-40-38-36-34-21-19-17-15-13-11-9-7-2/h27-28,36,38,44,46,51-52,56H,6-26,29-35,37,39-43,45,47-50H2,1-5H3,(H-,54,57,58,59)/p+1/b28-27-,38-36+,46-44+. The monoisotopic (exact) mass is 896 g/mol. The number of quaternary nitrogens is 1. The number of allylic oxidation sites excluding steroid dienone is 5. The van der Waals surface area contributed by atoms with Crippen LogP contribution in [0.1, 0.15) is 245 Å². The predicted molar refractivity (Wildman–Crippen MR) is 268 cm³/mol. The second-order valence-electron chi connectivity index (χ2n) is 19.2. The zero-order valence-corrected chi connectivity index (χ0v) is 42.5. The van der Waals surface area contributed by atoms with Gasteiger partial charge in [0.1, 0.15) is 13.2 Å². The molecule has 0 aliphatic rings. The van der Waals surface area contributed by atoms with Crippen molar-refractivity contribution in [2.75, 3.05) is 40.9 Å². The number of aliphatic hydroxyl groups excluding tert-OH is 1. The van der Waals surface area contributed by atoms with Gasteiger partial charge in [0.2, 0.25) is 5.91 Å². The summed E-state index contributed by atoms with van der Waals surface area (Å²) in [6.45, 7) is 4.80. The number of hydrogen-bond acceptors (Lipinski definition) is 5. The maximum atomic E-state index is 12.9. The Bertz CT molecular complexity index is 1110. The Morgan fingerprint density at radius 1 is 0.532 bits per heavy atom. The van der Waals surface area contributed by atoms with Crippen LogP contribution in [0.3, 0.4) is 0 Å². The van der Waals surface area contributed by atoms with Crippen LogP contribution in [0.25, 0.3) is 0 Å². The molecule has 3 atom stereocenters. The number of nitrogens with one attached hydrogen (secondary N) is 1. The Labute approximate surface area is 385 Å². The van der Waals surface area contributed by atoms with Crippen molar-refractivity contribution in [1.82, 2.24) is 5.32 Å². The summed E-state index contributed by atoms with van der Waals surface area (Å²) >= 11 is 0. The lowest BCUT2D eigenvalue weighted by atomic mass is 10.0. The van der Waals surface area contributed by atoms with Crippen molar-refractivity contribution in [3.63, 3.8) is 0 Å². The molecule has 0 aliphatic carbocycles. The summed E-state index contributed by atoms with van der Waals surface area (Å²) in [7, 11) is 1.56. The van der Waals surface area contributed by atoms with Gasteiger partial charge in [-0.1, -0.05) is 217 Å². The van der Waals surface area contributed by atoms with E-state index in [4.69, 9.17) is 9.05 Å². The first-order valence-corrected chi connectivity index (χ1v) is 27.9. The lowest BCUT2D eigenvalue weighted by Crippen LogP contribution is -2.45. The molecule has 9 heteroatoms. The SMILES string of the molecule is CCCCCCCCCC/C=C/CC/C=C/C(O)C(COP(=O)(O)OCC[N+](C)(C)C)NC(=O)CCCCCCCCCCCC/C=C\CCCCCCCCCCCCCC. The second kappa shape index (κ2) is 44.9. The van der Waals surface area contributed by atoms with Gasteiger partial charge in [0, 0.05) is 6.42 Å². The molecule has 0 radical (unpaired) electrons. The maximum Gasteiger partial charge on any atom is 0.472 e. The van der Waals surface area contributed by atoms with Crippen molar-refractivity contribution in [3.8, 4) is 0 Å². The molecule has 0 fully saturated rings. The highest BCUT2D eigenvalue weighted by Crippen LogP contribution is 2.43. The molecule has 0 aromatic carbocycles. The van der Waals surface area contributed by atoms with Gasteiger partial charge in [0.05, 0.1) is 39.9 Å². The predicted octanol–water partition coefficient (Wildman–Crippen LogP) is 15.4. The summed E-state index contributed by atoms with van der Waals surface area (Å²) in [5.74, 6) is -0.187. The van der Waals surface area contributed by atoms with E-state index in [0.29, 0.717) is 17.4 Å². The van der Waals surface area contributed by atoms with Crippen molar-refractivity contribution in [2.45, 2.75) is 257 Å². The number of aliphatic hydroxyl groups is 1. The smallest absolute Gasteiger partial charge is 0.387 e. The largest absolute Gasteiger partial charge is 0.472 e. The Balaban J connectivity index is 4.21. The van der Waals surface area contributed by atoms with Gasteiger partial charge in [-0.15, -0.1) is 0 Å². The molecule has 62 heavy (non-hydrogen) atoms. The first-order valence-electron chi connectivity index (χ1n) is 26.4. The lowest BCUT2D eigenvalue weighted by Gasteiger charge is -2.25. The molecule has 8 nitrogen and oxygen atoms in total. The Morgan fingerprint density at radius 3 is 1.29 bits per heavy atom. The minimum atomic E-state index is -4.35. The van der Waals surface area contributed by atoms with E-state index in [2.05, 4.69) is 43.5 Å². The van der Waals surface area contributed by atoms with Crippen LogP contribution in [0.15, 0.2) is 36.5 Å². The van der Waals surface area contributed by atoms with E-state index in [1.165, 1.54) is 186 Å². The number of phosphoric acid groups is 1. The Hall–Kier alpha value is -1.28. The van der Waals surface area contributed by atoms with Crippen LogP contribution in [-0.2, 0) is 18.4 Å².